The van der Waals surface area contributed by atoms with Crippen LogP contribution in [-0.2, 0) is 11.2 Å². The summed E-state index contributed by atoms with van der Waals surface area (Å²) in [6.07, 6.45) is 1.82. The zero-order chi connectivity index (χ0) is 19.1. The van der Waals surface area contributed by atoms with E-state index < -0.39 is 5.25 Å². The standard InChI is InChI=1S/C20H22N4O2S/c1-3-8-17-22-20(24-23-17)27-18(14-9-5-4-6-10-14)19(25)21-15-11-7-12-16(13-15)26-2/h4-7,9-13,18H,3,8H2,1-2H3,(H,21,25)(H,22,23,24)/t18-/m0/s1. The van der Waals surface area contributed by atoms with Gasteiger partial charge in [-0.25, -0.2) is 4.98 Å². The van der Waals surface area contributed by atoms with Crippen LogP contribution in [0.15, 0.2) is 59.8 Å². The molecule has 0 aliphatic heterocycles. The van der Waals surface area contributed by atoms with Gasteiger partial charge in [-0.15, -0.1) is 5.10 Å². The molecule has 0 aliphatic rings. The van der Waals surface area contributed by atoms with Gasteiger partial charge in [-0.1, -0.05) is 55.1 Å². The third-order valence-corrected chi connectivity index (χ3v) is 5.01. The van der Waals surface area contributed by atoms with Crippen LogP contribution in [0.1, 0.15) is 30.0 Å². The Morgan fingerprint density at radius 1 is 1.22 bits per heavy atom. The lowest BCUT2D eigenvalue weighted by atomic mass is 10.1. The number of methoxy groups -OCH3 is 1. The molecule has 1 aromatic heterocycles. The molecule has 3 aromatic rings. The van der Waals surface area contributed by atoms with Crippen LogP contribution in [0.25, 0.3) is 0 Å². The van der Waals surface area contributed by atoms with Gasteiger partial charge in [-0.2, -0.15) is 0 Å². The number of aromatic nitrogens is 3. The number of anilines is 1. The first-order chi connectivity index (χ1) is 13.2. The summed E-state index contributed by atoms with van der Waals surface area (Å²) in [7, 11) is 1.60. The summed E-state index contributed by atoms with van der Waals surface area (Å²) in [6.45, 7) is 2.09. The smallest absolute Gasteiger partial charge is 0.242 e. The van der Waals surface area contributed by atoms with Crippen molar-refractivity contribution in [1.82, 2.24) is 15.2 Å². The Hall–Kier alpha value is -2.80. The highest BCUT2D eigenvalue weighted by atomic mass is 32.2. The predicted octanol–water partition coefficient (Wildman–Crippen LogP) is 4.24. The molecule has 0 spiro atoms. The van der Waals surface area contributed by atoms with Crippen molar-refractivity contribution in [3.05, 3.63) is 66.0 Å². The number of benzene rings is 2. The Morgan fingerprint density at radius 2 is 2.04 bits per heavy atom. The summed E-state index contributed by atoms with van der Waals surface area (Å²) in [6, 6.07) is 16.9. The fourth-order valence-corrected chi connectivity index (χ4v) is 3.53. The van der Waals surface area contributed by atoms with Crippen molar-refractivity contribution in [2.75, 3.05) is 12.4 Å². The molecular weight excluding hydrogens is 360 g/mol. The topological polar surface area (TPSA) is 79.9 Å². The number of hydrogen-bond donors (Lipinski definition) is 2. The Morgan fingerprint density at radius 3 is 2.78 bits per heavy atom. The van der Waals surface area contributed by atoms with Crippen LogP contribution < -0.4 is 10.1 Å². The van der Waals surface area contributed by atoms with E-state index in [1.54, 1.807) is 13.2 Å². The van der Waals surface area contributed by atoms with Crippen molar-refractivity contribution in [3.63, 3.8) is 0 Å². The monoisotopic (exact) mass is 382 g/mol. The fourth-order valence-electron chi connectivity index (χ4n) is 2.59. The average Bonchev–Trinajstić information content (AvgIpc) is 3.14. The van der Waals surface area contributed by atoms with E-state index in [4.69, 9.17) is 4.74 Å². The molecule has 0 fully saturated rings. The highest BCUT2D eigenvalue weighted by Gasteiger charge is 2.24. The molecule has 140 valence electrons. The number of nitrogens with one attached hydrogen (secondary N) is 2. The third-order valence-electron chi connectivity index (χ3n) is 3.90. The lowest BCUT2D eigenvalue weighted by Crippen LogP contribution is -2.19. The van der Waals surface area contributed by atoms with Crippen LogP contribution in [0.2, 0.25) is 0 Å². The van der Waals surface area contributed by atoms with E-state index in [1.807, 2.05) is 48.5 Å². The summed E-state index contributed by atoms with van der Waals surface area (Å²) >= 11 is 1.33. The van der Waals surface area contributed by atoms with Crippen LogP contribution in [-0.4, -0.2) is 28.2 Å². The van der Waals surface area contributed by atoms with Crippen molar-refractivity contribution in [2.24, 2.45) is 0 Å². The van der Waals surface area contributed by atoms with E-state index in [2.05, 4.69) is 27.4 Å². The second-order valence-corrected chi connectivity index (χ2v) is 7.02. The summed E-state index contributed by atoms with van der Waals surface area (Å²) < 4.78 is 5.22. The Bertz CT molecular complexity index is 882. The van der Waals surface area contributed by atoms with Crippen LogP contribution >= 0.6 is 11.8 Å². The van der Waals surface area contributed by atoms with Gasteiger partial charge in [0.25, 0.3) is 0 Å². The van der Waals surface area contributed by atoms with Crippen LogP contribution in [0.4, 0.5) is 5.69 Å². The molecule has 0 saturated carbocycles. The molecule has 1 amide bonds. The quantitative estimate of drug-likeness (QED) is 0.570. The number of carbonyl (C=O) groups is 1. The molecule has 7 heteroatoms. The minimum Gasteiger partial charge on any atom is -0.497 e. The third kappa shape index (κ3) is 5.10. The molecule has 0 bridgehead atoms. The highest BCUT2D eigenvalue weighted by molar-refractivity contribution is 8.00. The molecule has 0 radical (unpaired) electrons. The van der Waals surface area contributed by atoms with Gasteiger partial charge in [0, 0.05) is 18.2 Å². The second-order valence-electron chi connectivity index (χ2n) is 5.94. The molecule has 0 unspecified atom stereocenters. The first kappa shape index (κ1) is 19.0. The van der Waals surface area contributed by atoms with Crippen molar-refractivity contribution >= 4 is 23.4 Å². The van der Waals surface area contributed by atoms with E-state index >= 15 is 0 Å². The van der Waals surface area contributed by atoms with E-state index in [1.165, 1.54) is 11.8 Å². The number of thioether (sulfide) groups is 1. The molecule has 6 nitrogen and oxygen atoms in total. The van der Waals surface area contributed by atoms with Gasteiger partial charge in [-0.3, -0.25) is 9.89 Å². The molecule has 3 rings (SSSR count). The molecular formula is C20H22N4O2S. The number of hydrogen-bond acceptors (Lipinski definition) is 5. The molecule has 0 saturated heterocycles. The van der Waals surface area contributed by atoms with E-state index in [0.717, 1.165) is 24.2 Å². The van der Waals surface area contributed by atoms with Gasteiger partial charge in [0.2, 0.25) is 11.1 Å². The van der Waals surface area contributed by atoms with Crippen molar-refractivity contribution in [1.29, 1.82) is 0 Å². The lowest BCUT2D eigenvalue weighted by Gasteiger charge is -2.15. The van der Waals surface area contributed by atoms with Gasteiger partial charge in [-0.05, 0) is 24.1 Å². The molecule has 0 aliphatic carbocycles. The Labute approximate surface area is 162 Å². The number of nitrogens with zero attached hydrogens (tertiary/aromatic N) is 2. The Kier molecular flexibility index (Phi) is 6.49. The number of H-pyrrole nitrogens is 1. The minimum atomic E-state index is -0.470. The zero-order valence-electron chi connectivity index (χ0n) is 15.3. The zero-order valence-corrected chi connectivity index (χ0v) is 16.1. The maximum Gasteiger partial charge on any atom is 0.242 e. The van der Waals surface area contributed by atoms with Crippen molar-refractivity contribution < 1.29 is 9.53 Å². The maximum atomic E-state index is 13.0. The number of aromatic amines is 1. The number of amides is 1. The molecule has 1 heterocycles. The van der Waals surface area contributed by atoms with Crippen LogP contribution in [0.3, 0.4) is 0 Å². The van der Waals surface area contributed by atoms with Crippen molar-refractivity contribution in [3.8, 4) is 5.75 Å². The summed E-state index contributed by atoms with van der Waals surface area (Å²) in [5.41, 5.74) is 1.58. The van der Waals surface area contributed by atoms with E-state index in [9.17, 15) is 4.79 Å². The van der Waals surface area contributed by atoms with Gasteiger partial charge in [0.05, 0.1) is 7.11 Å². The number of rotatable bonds is 8. The van der Waals surface area contributed by atoms with Gasteiger partial charge < -0.3 is 10.1 Å². The normalized spacial score (nSPS) is 11.8. The Balaban J connectivity index is 1.81. The lowest BCUT2D eigenvalue weighted by molar-refractivity contribution is -0.115. The minimum absolute atomic E-state index is 0.138. The first-order valence-electron chi connectivity index (χ1n) is 8.77. The highest BCUT2D eigenvalue weighted by Crippen LogP contribution is 2.34. The fraction of sp³-hybridized carbons (Fsp3) is 0.250. The summed E-state index contributed by atoms with van der Waals surface area (Å²) in [5.74, 6) is 1.39. The van der Waals surface area contributed by atoms with Gasteiger partial charge in [0.15, 0.2) is 0 Å². The summed E-state index contributed by atoms with van der Waals surface area (Å²) in [5, 5.41) is 10.2. The molecule has 1 atom stereocenters. The average molecular weight is 382 g/mol. The second kappa shape index (κ2) is 9.23. The van der Waals surface area contributed by atoms with Crippen LogP contribution in [0, 0.1) is 0 Å². The maximum absolute atomic E-state index is 13.0. The summed E-state index contributed by atoms with van der Waals surface area (Å²) in [4.78, 5) is 17.5. The van der Waals surface area contributed by atoms with Gasteiger partial charge in [0.1, 0.15) is 16.8 Å². The first-order valence-corrected chi connectivity index (χ1v) is 9.65. The molecule has 2 N–H and O–H groups in total. The number of ether oxygens (including phenoxy) is 1. The van der Waals surface area contributed by atoms with E-state index in [0.29, 0.717) is 16.6 Å². The van der Waals surface area contributed by atoms with Crippen LogP contribution in [0.5, 0.6) is 5.75 Å². The van der Waals surface area contributed by atoms with Crippen molar-refractivity contribution in [2.45, 2.75) is 30.2 Å². The largest absolute Gasteiger partial charge is 0.497 e. The number of carbonyl (C=O) groups excluding carboxylic acids is 1. The molecule has 2 aromatic carbocycles. The van der Waals surface area contributed by atoms with Gasteiger partial charge >= 0.3 is 0 Å². The SMILES string of the molecule is CCCc1nc(S[C@H](C(=O)Nc2cccc(OC)c2)c2ccccc2)n[nH]1. The van der Waals surface area contributed by atoms with E-state index in [-0.39, 0.29) is 5.91 Å². The molecule has 27 heavy (non-hydrogen) atoms. The predicted molar refractivity (Wildman–Crippen MR) is 107 cm³/mol. The number of aryl methyl sites for hydroxylation is 1.